The van der Waals surface area contributed by atoms with Crippen LogP contribution in [0.2, 0.25) is 5.15 Å². The first-order valence-electron chi connectivity index (χ1n) is 5.14. The van der Waals surface area contributed by atoms with E-state index in [0.717, 1.165) is 44.3 Å². The summed E-state index contributed by atoms with van der Waals surface area (Å²) in [4.78, 5) is 0. The van der Waals surface area contributed by atoms with Gasteiger partial charge in [-0.15, -0.1) is 0 Å². The monoisotopic (exact) mass is 249 g/mol. The molecule has 0 aliphatic carbocycles. The molecule has 0 amide bonds. The second-order valence-electron chi connectivity index (χ2n) is 3.15. The largest absolute Gasteiger partial charge is 0.381 e. The average molecular weight is 250 g/mol. The van der Waals surface area contributed by atoms with Gasteiger partial charge in [0.1, 0.15) is 0 Å². The molecule has 0 aliphatic heterocycles. The minimum absolute atomic E-state index is 0.451. The first kappa shape index (κ1) is 12.7. The molecule has 6 heteroatoms. The third-order valence-corrected chi connectivity index (χ3v) is 2.74. The lowest BCUT2D eigenvalue weighted by Crippen LogP contribution is -2.06. The number of nitrogens with one attached hydrogen (secondary N) is 1. The Morgan fingerprint density at radius 2 is 2.13 bits per heavy atom. The molecule has 0 aromatic carbocycles. The Morgan fingerprint density at radius 3 is 2.80 bits per heavy atom. The third-order valence-electron chi connectivity index (χ3n) is 1.85. The molecular formula is C9H16ClN3OS. The van der Waals surface area contributed by atoms with Crippen LogP contribution in [0.5, 0.6) is 0 Å². The van der Waals surface area contributed by atoms with E-state index in [2.05, 4.69) is 21.0 Å². The second kappa shape index (κ2) is 7.84. The van der Waals surface area contributed by atoms with Crippen molar-refractivity contribution in [3.63, 3.8) is 0 Å². The molecule has 1 aromatic heterocycles. The predicted molar refractivity (Wildman–Crippen MR) is 63.8 cm³/mol. The number of aromatic nitrogens is 2. The molecule has 0 saturated heterocycles. The maximum atomic E-state index is 5.76. The van der Waals surface area contributed by atoms with Crippen LogP contribution < -0.4 is 5.32 Å². The van der Waals surface area contributed by atoms with Crippen LogP contribution >= 0.6 is 23.3 Å². The van der Waals surface area contributed by atoms with E-state index in [4.69, 9.17) is 16.3 Å². The summed E-state index contributed by atoms with van der Waals surface area (Å²) < 4.78 is 13.3. The lowest BCUT2D eigenvalue weighted by Gasteiger charge is -2.04. The standard InChI is InChI=1S/C9H16ClN3OS/c1-2-3-6-14-7-4-5-11-9-8(10)12-15-13-9/h2-7H2,1H3,(H,11,13). The minimum Gasteiger partial charge on any atom is -0.381 e. The van der Waals surface area contributed by atoms with Crippen LogP contribution in [-0.4, -0.2) is 28.5 Å². The van der Waals surface area contributed by atoms with E-state index in [1.807, 2.05) is 0 Å². The lowest BCUT2D eigenvalue weighted by molar-refractivity contribution is 0.131. The van der Waals surface area contributed by atoms with E-state index in [1.54, 1.807) is 0 Å². The predicted octanol–water partition coefficient (Wildman–Crippen LogP) is 2.81. The van der Waals surface area contributed by atoms with Gasteiger partial charge < -0.3 is 10.1 Å². The van der Waals surface area contributed by atoms with Crippen LogP contribution in [0.25, 0.3) is 0 Å². The number of hydrogen-bond donors (Lipinski definition) is 1. The Labute approximate surface area is 99.3 Å². The van der Waals surface area contributed by atoms with Gasteiger partial charge in [0.2, 0.25) is 0 Å². The van der Waals surface area contributed by atoms with E-state index in [1.165, 1.54) is 6.42 Å². The molecule has 0 aliphatic rings. The Bertz CT molecular complexity index is 270. The molecule has 86 valence electrons. The molecule has 15 heavy (non-hydrogen) atoms. The number of halogens is 1. The molecule has 1 heterocycles. The SMILES string of the molecule is CCCCOCCCNc1nsnc1Cl. The van der Waals surface area contributed by atoms with Crippen molar-refractivity contribution in [2.75, 3.05) is 25.1 Å². The van der Waals surface area contributed by atoms with Crippen LogP contribution in [0.4, 0.5) is 5.82 Å². The van der Waals surface area contributed by atoms with Gasteiger partial charge in [0.25, 0.3) is 0 Å². The van der Waals surface area contributed by atoms with Crippen LogP contribution in [-0.2, 0) is 4.74 Å². The number of unbranched alkanes of at least 4 members (excludes halogenated alkanes) is 1. The zero-order valence-corrected chi connectivity index (χ0v) is 10.4. The van der Waals surface area contributed by atoms with Crippen molar-refractivity contribution in [2.45, 2.75) is 26.2 Å². The quantitative estimate of drug-likeness (QED) is 0.720. The summed E-state index contributed by atoms with van der Waals surface area (Å²) in [5.74, 6) is 0.676. The average Bonchev–Trinajstić information content (AvgIpc) is 2.63. The number of anilines is 1. The minimum atomic E-state index is 0.451. The third kappa shape index (κ3) is 5.30. The van der Waals surface area contributed by atoms with Crippen molar-refractivity contribution in [3.8, 4) is 0 Å². The number of nitrogens with zero attached hydrogens (tertiary/aromatic N) is 2. The second-order valence-corrected chi connectivity index (χ2v) is 4.04. The van der Waals surface area contributed by atoms with Gasteiger partial charge in [0, 0.05) is 19.8 Å². The molecule has 0 unspecified atom stereocenters. The maximum absolute atomic E-state index is 5.76. The fraction of sp³-hybridized carbons (Fsp3) is 0.778. The normalized spacial score (nSPS) is 10.5. The molecule has 0 bridgehead atoms. The fourth-order valence-electron chi connectivity index (χ4n) is 1.01. The zero-order chi connectivity index (χ0) is 10.9. The van der Waals surface area contributed by atoms with E-state index < -0.39 is 0 Å². The Morgan fingerprint density at radius 1 is 1.33 bits per heavy atom. The Kier molecular flexibility index (Phi) is 6.63. The van der Waals surface area contributed by atoms with Crippen molar-refractivity contribution in [3.05, 3.63) is 5.15 Å². The summed E-state index contributed by atoms with van der Waals surface area (Å²) in [5, 5.41) is 3.56. The summed E-state index contributed by atoms with van der Waals surface area (Å²) >= 11 is 6.88. The summed E-state index contributed by atoms with van der Waals surface area (Å²) in [6, 6.07) is 0. The number of ether oxygens (including phenoxy) is 1. The lowest BCUT2D eigenvalue weighted by atomic mass is 10.4. The molecular weight excluding hydrogens is 234 g/mol. The van der Waals surface area contributed by atoms with E-state index in [9.17, 15) is 0 Å². The first-order valence-corrected chi connectivity index (χ1v) is 6.25. The van der Waals surface area contributed by atoms with Gasteiger partial charge in [-0.05, 0) is 12.8 Å². The molecule has 0 spiro atoms. The molecule has 0 atom stereocenters. The van der Waals surface area contributed by atoms with Gasteiger partial charge >= 0.3 is 0 Å². The molecule has 1 N–H and O–H groups in total. The van der Waals surface area contributed by atoms with Crippen LogP contribution in [0.15, 0.2) is 0 Å². The van der Waals surface area contributed by atoms with Crippen LogP contribution in [0.3, 0.4) is 0 Å². The molecule has 0 saturated carbocycles. The van der Waals surface area contributed by atoms with Gasteiger partial charge in [-0.3, -0.25) is 0 Å². The van der Waals surface area contributed by atoms with Crippen molar-refractivity contribution >= 4 is 29.1 Å². The number of rotatable bonds is 8. The highest BCUT2D eigenvalue weighted by molar-refractivity contribution is 6.99. The van der Waals surface area contributed by atoms with E-state index in [0.29, 0.717) is 11.0 Å². The molecule has 1 aromatic rings. The molecule has 0 radical (unpaired) electrons. The molecule has 0 fully saturated rings. The van der Waals surface area contributed by atoms with E-state index in [-0.39, 0.29) is 0 Å². The molecule has 1 rings (SSSR count). The van der Waals surface area contributed by atoms with Crippen LogP contribution in [0, 0.1) is 0 Å². The van der Waals surface area contributed by atoms with Gasteiger partial charge in [-0.25, -0.2) is 0 Å². The summed E-state index contributed by atoms with van der Waals surface area (Å²) in [5.41, 5.74) is 0. The van der Waals surface area contributed by atoms with E-state index >= 15 is 0 Å². The zero-order valence-electron chi connectivity index (χ0n) is 8.83. The summed E-state index contributed by atoms with van der Waals surface area (Å²) in [6.07, 6.45) is 3.27. The Hall–Kier alpha value is -0.390. The van der Waals surface area contributed by atoms with Crippen molar-refractivity contribution in [1.82, 2.24) is 8.75 Å². The highest BCUT2D eigenvalue weighted by Crippen LogP contribution is 2.17. The van der Waals surface area contributed by atoms with Gasteiger partial charge in [-0.1, -0.05) is 24.9 Å². The van der Waals surface area contributed by atoms with Crippen LogP contribution in [0.1, 0.15) is 26.2 Å². The van der Waals surface area contributed by atoms with Gasteiger partial charge in [0.15, 0.2) is 11.0 Å². The fourth-order valence-corrected chi connectivity index (χ4v) is 1.70. The Balaban J connectivity index is 1.96. The maximum Gasteiger partial charge on any atom is 0.186 e. The van der Waals surface area contributed by atoms with Gasteiger partial charge in [0.05, 0.1) is 11.7 Å². The van der Waals surface area contributed by atoms with Crippen molar-refractivity contribution in [2.24, 2.45) is 0 Å². The van der Waals surface area contributed by atoms with Crippen molar-refractivity contribution < 1.29 is 4.74 Å². The highest BCUT2D eigenvalue weighted by atomic mass is 35.5. The summed E-state index contributed by atoms with van der Waals surface area (Å²) in [7, 11) is 0. The van der Waals surface area contributed by atoms with Gasteiger partial charge in [-0.2, -0.15) is 8.75 Å². The van der Waals surface area contributed by atoms with Crippen molar-refractivity contribution in [1.29, 1.82) is 0 Å². The first-order chi connectivity index (χ1) is 7.34. The molecule has 4 nitrogen and oxygen atoms in total. The highest BCUT2D eigenvalue weighted by Gasteiger charge is 2.02. The topological polar surface area (TPSA) is 47.0 Å². The summed E-state index contributed by atoms with van der Waals surface area (Å²) in [6.45, 7) is 4.61. The smallest absolute Gasteiger partial charge is 0.186 e. The number of hydrogen-bond acceptors (Lipinski definition) is 5.